The molecular weight excluding hydrogens is 458 g/mol. The minimum atomic E-state index is -0.202. The van der Waals surface area contributed by atoms with Crippen LogP contribution in [0.25, 0.3) is 11.4 Å². The number of piperidine rings is 1. The number of rotatable bonds is 7. The third-order valence-electron chi connectivity index (χ3n) is 5.79. The number of nitrogens with one attached hydrogen (secondary N) is 2. The molecule has 9 heteroatoms. The Morgan fingerprint density at radius 3 is 2.61 bits per heavy atom. The molecule has 0 aliphatic carbocycles. The molecule has 33 heavy (non-hydrogen) atoms. The Hall–Kier alpha value is -2.68. The number of methoxy groups -OCH3 is 1. The summed E-state index contributed by atoms with van der Waals surface area (Å²) in [7, 11) is 3.69. The van der Waals surface area contributed by atoms with Gasteiger partial charge < -0.3 is 24.2 Å². The van der Waals surface area contributed by atoms with E-state index < -0.39 is 0 Å². The second-order valence-corrected chi connectivity index (χ2v) is 9.09. The maximum atomic E-state index is 12.9. The Kier molecular flexibility index (Phi) is 7.47. The van der Waals surface area contributed by atoms with Gasteiger partial charge in [0.2, 0.25) is 0 Å². The molecular formula is C24H28ClN5O2S. The molecule has 1 aliphatic heterocycles. The Labute approximate surface area is 203 Å². The number of benzene rings is 1. The highest BCUT2D eigenvalue weighted by Crippen LogP contribution is 2.27. The van der Waals surface area contributed by atoms with E-state index in [2.05, 4.69) is 26.0 Å². The maximum Gasteiger partial charge on any atom is 0.257 e. The van der Waals surface area contributed by atoms with Crippen LogP contribution in [-0.2, 0) is 11.8 Å². The SMILES string of the molecule is COC1CCN(c2ccc(-c3cc(C(=O)Nc4cc(Cl)cc(NSC)c4)cn3C)nc2)CC1. The number of halogens is 1. The van der Waals surface area contributed by atoms with Crippen molar-refractivity contribution in [3.8, 4) is 11.4 Å². The van der Waals surface area contributed by atoms with Gasteiger partial charge >= 0.3 is 0 Å². The van der Waals surface area contributed by atoms with Gasteiger partial charge in [0.1, 0.15) is 0 Å². The molecule has 0 radical (unpaired) electrons. The lowest BCUT2D eigenvalue weighted by Gasteiger charge is -2.32. The van der Waals surface area contributed by atoms with E-state index in [1.165, 1.54) is 11.9 Å². The van der Waals surface area contributed by atoms with Crippen molar-refractivity contribution >= 4 is 46.5 Å². The van der Waals surface area contributed by atoms with E-state index >= 15 is 0 Å². The fourth-order valence-corrected chi connectivity index (χ4v) is 4.65. The zero-order chi connectivity index (χ0) is 23.4. The minimum absolute atomic E-state index is 0.202. The van der Waals surface area contributed by atoms with Crippen molar-refractivity contribution in [3.05, 3.63) is 59.4 Å². The summed E-state index contributed by atoms with van der Waals surface area (Å²) in [6.07, 6.45) is 8.03. The summed E-state index contributed by atoms with van der Waals surface area (Å²) in [5.74, 6) is -0.202. The van der Waals surface area contributed by atoms with Gasteiger partial charge in [-0.3, -0.25) is 9.78 Å². The number of carbonyl (C=O) groups excluding carboxylic acids is 1. The smallest absolute Gasteiger partial charge is 0.257 e. The van der Waals surface area contributed by atoms with Gasteiger partial charge in [0.25, 0.3) is 5.91 Å². The third kappa shape index (κ3) is 5.63. The number of amides is 1. The van der Waals surface area contributed by atoms with Gasteiger partial charge in [0.15, 0.2) is 0 Å². The average Bonchev–Trinajstić information content (AvgIpc) is 3.21. The highest BCUT2D eigenvalue weighted by atomic mass is 35.5. The predicted molar refractivity (Wildman–Crippen MR) is 137 cm³/mol. The van der Waals surface area contributed by atoms with Crippen LogP contribution in [0.1, 0.15) is 23.2 Å². The summed E-state index contributed by atoms with van der Waals surface area (Å²) in [5, 5.41) is 3.48. The fraction of sp³-hybridized carbons (Fsp3) is 0.333. The minimum Gasteiger partial charge on any atom is -0.381 e. The number of aromatic nitrogens is 2. The van der Waals surface area contributed by atoms with Gasteiger partial charge in [-0.25, -0.2) is 0 Å². The summed E-state index contributed by atoms with van der Waals surface area (Å²) in [5.41, 5.74) is 4.82. The first-order valence-corrected chi connectivity index (χ1v) is 12.4. The number of aryl methyl sites for hydroxylation is 1. The van der Waals surface area contributed by atoms with E-state index in [9.17, 15) is 4.79 Å². The molecule has 1 aliphatic rings. The van der Waals surface area contributed by atoms with Gasteiger partial charge in [-0.1, -0.05) is 23.5 Å². The molecule has 0 spiro atoms. The van der Waals surface area contributed by atoms with Crippen LogP contribution in [-0.4, -0.2) is 48.0 Å². The van der Waals surface area contributed by atoms with E-state index in [-0.39, 0.29) is 5.91 Å². The zero-order valence-electron chi connectivity index (χ0n) is 19.0. The molecule has 0 atom stereocenters. The molecule has 1 fully saturated rings. The highest BCUT2D eigenvalue weighted by Gasteiger charge is 2.19. The first-order chi connectivity index (χ1) is 16.0. The molecule has 1 amide bonds. The summed E-state index contributed by atoms with van der Waals surface area (Å²) < 4.78 is 10.5. The van der Waals surface area contributed by atoms with Gasteiger partial charge in [-0.05, 0) is 49.2 Å². The maximum absolute atomic E-state index is 12.9. The predicted octanol–water partition coefficient (Wildman–Crippen LogP) is 5.30. The van der Waals surface area contributed by atoms with Crippen LogP contribution in [0.4, 0.5) is 17.1 Å². The second-order valence-electron chi connectivity index (χ2n) is 8.04. The van der Waals surface area contributed by atoms with Crippen molar-refractivity contribution in [2.75, 3.05) is 41.4 Å². The number of hydrogen-bond acceptors (Lipinski definition) is 6. The highest BCUT2D eigenvalue weighted by molar-refractivity contribution is 7.99. The van der Waals surface area contributed by atoms with Crippen molar-refractivity contribution in [3.63, 3.8) is 0 Å². The molecule has 1 aromatic carbocycles. The molecule has 4 rings (SSSR count). The van der Waals surface area contributed by atoms with Crippen LogP contribution in [0.2, 0.25) is 5.02 Å². The van der Waals surface area contributed by atoms with Crippen LogP contribution in [0.3, 0.4) is 0 Å². The normalized spacial score (nSPS) is 14.4. The Morgan fingerprint density at radius 1 is 1.18 bits per heavy atom. The molecule has 174 valence electrons. The number of anilines is 3. The van der Waals surface area contributed by atoms with E-state index in [0.717, 1.165) is 48.7 Å². The molecule has 2 aromatic heterocycles. The van der Waals surface area contributed by atoms with Crippen LogP contribution in [0, 0.1) is 0 Å². The van der Waals surface area contributed by atoms with Crippen molar-refractivity contribution in [1.82, 2.24) is 9.55 Å². The van der Waals surface area contributed by atoms with Crippen LogP contribution >= 0.6 is 23.5 Å². The number of ether oxygens (including phenoxy) is 1. The Bertz CT molecular complexity index is 1110. The molecule has 1 saturated heterocycles. The molecule has 7 nitrogen and oxygen atoms in total. The van der Waals surface area contributed by atoms with Gasteiger partial charge in [0.05, 0.1) is 34.9 Å². The van der Waals surface area contributed by atoms with Crippen LogP contribution < -0.4 is 14.9 Å². The largest absolute Gasteiger partial charge is 0.381 e. The number of nitrogens with zero attached hydrogens (tertiary/aromatic N) is 3. The first-order valence-electron chi connectivity index (χ1n) is 10.8. The summed E-state index contributed by atoms with van der Waals surface area (Å²) in [6, 6.07) is 11.3. The van der Waals surface area contributed by atoms with E-state index in [1.54, 1.807) is 19.4 Å². The molecule has 2 N–H and O–H groups in total. The van der Waals surface area contributed by atoms with Crippen LogP contribution in [0.5, 0.6) is 0 Å². The number of hydrogen-bond donors (Lipinski definition) is 2. The number of carbonyl (C=O) groups is 1. The van der Waals surface area contributed by atoms with Crippen molar-refractivity contribution in [1.29, 1.82) is 0 Å². The third-order valence-corrected chi connectivity index (χ3v) is 6.45. The van der Waals surface area contributed by atoms with Gasteiger partial charge in [0, 0.05) is 56.1 Å². The summed E-state index contributed by atoms with van der Waals surface area (Å²) in [6.45, 7) is 1.93. The lowest BCUT2D eigenvalue weighted by molar-refractivity contribution is 0.0819. The fourth-order valence-electron chi connectivity index (χ4n) is 4.06. The van der Waals surface area contributed by atoms with Crippen molar-refractivity contribution in [2.45, 2.75) is 18.9 Å². The Balaban J connectivity index is 1.46. The van der Waals surface area contributed by atoms with E-state index in [1.807, 2.05) is 48.3 Å². The molecule has 0 unspecified atom stereocenters. The topological polar surface area (TPSA) is 71.4 Å². The molecule has 3 aromatic rings. The quantitative estimate of drug-likeness (QED) is 0.442. The average molecular weight is 486 g/mol. The number of pyridine rings is 1. The monoisotopic (exact) mass is 485 g/mol. The molecule has 0 saturated carbocycles. The molecule has 0 bridgehead atoms. The van der Waals surface area contributed by atoms with Gasteiger partial charge in [-0.15, -0.1) is 0 Å². The zero-order valence-corrected chi connectivity index (χ0v) is 20.5. The summed E-state index contributed by atoms with van der Waals surface area (Å²) in [4.78, 5) is 19.9. The van der Waals surface area contributed by atoms with Crippen LogP contribution in [0.15, 0.2) is 48.8 Å². The summed E-state index contributed by atoms with van der Waals surface area (Å²) >= 11 is 7.65. The standard InChI is InChI=1S/C24H28ClN5O2S/c1-29-15-16(24(31)27-18-11-17(25)12-19(13-18)28-33-3)10-23(29)22-5-4-20(14-26-22)30-8-6-21(32-2)7-9-30/h4-5,10-15,21,28H,6-9H2,1-3H3,(H,27,31). The lowest BCUT2D eigenvalue weighted by atomic mass is 10.1. The van der Waals surface area contributed by atoms with E-state index in [4.69, 9.17) is 16.3 Å². The van der Waals surface area contributed by atoms with Gasteiger partial charge in [-0.2, -0.15) is 0 Å². The second kappa shape index (κ2) is 10.5. The van der Waals surface area contributed by atoms with Crippen molar-refractivity contribution in [2.24, 2.45) is 7.05 Å². The van der Waals surface area contributed by atoms with E-state index in [0.29, 0.717) is 22.4 Å². The van der Waals surface area contributed by atoms with Crippen molar-refractivity contribution < 1.29 is 9.53 Å². The Morgan fingerprint density at radius 2 is 1.94 bits per heavy atom. The lowest BCUT2D eigenvalue weighted by Crippen LogP contribution is -2.36. The molecule has 3 heterocycles. The first kappa shape index (κ1) is 23.5.